The highest BCUT2D eigenvalue weighted by Crippen LogP contribution is 2.32. The molecule has 1 aliphatic heterocycles. The largest absolute Gasteiger partial charge is 0.329 e. The Morgan fingerprint density at radius 3 is 2.61 bits per heavy atom. The van der Waals surface area contributed by atoms with Crippen molar-refractivity contribution in [2.24, 2.45) is 11.7 Å². The average molecular weight is 254 g/mol. The smallest absolute Gasteiger partial charge is 0.130 e. The van der Waals surface area contributed by atoms with Gasteiger partial charge in [-0.05, 0) is 25.3 Å². The first-order chi connectivity index (χ1) is 8.52. The van der Waals surface area contributed by atoms with Gasteiger partial charge in [-0.15, -0.1) is 0 Å². The fraction of sp³-hybridized carbons (Fsp3) is 0.571. The molecular weight excluding hydrogens is 234 g/mol. The molecule has 0 aromatic heterocycles. The van der Waals surface area contributed by atoms with E-state index in [0.717, 1.165) is 19.0 Å². The molecule has 0 saturated carbocycles. The average Bonchev–Trinajstić information content (AvgIpc) is 2.62. The molecular formula is C14H20F2N2. The van der Waals surface area contributed by atoms with Gasteiger partial charge in [0.05, 0.1) is 6.04 Å². The van der Waals surface area contributed by atoms with Gasteiger partial charge in [0.25, 0.3) is 0 Å². The van der Waals surface area contributed by atoms with E-state index in [1.807, 2.05) is 0 Å². The highest BCUT2D eigenvalue weighted by atomic mass is 19.1. The molecule has 0 radical (unpaired) electrons. The van der Waals surface area contributed by atoms with Crippen LogP contribution in [0.25, 0.3) is 0 Å². The molecule has 3 unspecified atom stereocenters. The molecule has 1 heterocycles. The third kappa shape index (κ3) is 2.54. The molecule has 3 atom stereocenters. The third-order valence-corrected chi connectivity index (χ3v) is 3.78. The van der Waals surface area contributed by atoms with E-state index < -0.39 is 11.6 Å². The maximum Gasteiger partial charge on any atom is 0.130 e. The van der Waals surface area contributed by atoms with Gasteiger partial charge in [-0.2, -0.15) is 0 Å². The van der Waals surface area contributed by atoms with E-state index in [0.29, 0.717) is 24.1 Å². The monoisotopic (exact) mass is 254 g/mol. The number of halogens is 2. The maximum atomic E-state index is 13.8. The van der Waals surface area contributed by atoms with E-state index >= 15 is 0 Å². The number of nitrogens with two attached hydrogens (primary N) is 1. The van der Waals surface area contributed by atoms with Gasteiger partial charge >= 0.3 is 0 Å². The Bertz CT molecular complexity index is 422. The predicted octanol–water partition coefficient (Wildman–Crippen LogP) is 2.69. The summed E-state index contributed by atoms with van der Waals surface area (Å²) in [4.78, 5) is 2.22. The van der Waals surface area contributed by atoms with Gasteiger partial charge < -0.3 is 5.73 Å². The zero-order chi connectivity index (χ0) is 13.3. The molecule has 100 valence electrons. The van der Waals surface area contributed by atoms with Crippen molar-refractivity contribution < 1.29 is 8.78 Å². The summed E-state index contributed by atoms with van der Waals surface area (Å²) in [5, 5.41) is 0. The SMILES string of the molecule is CC1CC(C)N(C(CN)c2ccc(F)cc2F)C1. The second-order valence-electron chi connectivity index (χ2n) is 5.30. The van der Waals surface area contributed by atoms with Crippen molar-refractivity contribution in [3.63, 3.8) is 0 Å². The molecule has 2 nitrogen and oxygen atoms in total. The molecule has 1 fully saturated rings. The van der Waals surface area contributed by atoms with Crippen LogP contribution in [0.4, 0.5) is 8.78 Å². The molecule has 1 aromatic rings. The van der Waals surface area contributed by atoms with Gasteiger partial charge in [0, 0.05) is 30.8 Å². The summed E-state index contributed by atoms with van der Waals surface area (Å²) >= 11 is 0. The maximum absolute atomic E-state index is 13.8. The van der Waals surface area contributed by atoms with Crippen LogP contribution < -0.4 is 5.73 Å². The van der Waals surface area contributed by atoms with Crippen LogP contribution in [0.1, 0.15) is 31.9 Å². The fourth-order valence-electron chi connectivity index (χ4n) is 2.98. The van der Waals surface area contributed by atoms with E-state index in [4.69, 9.17) is 5.73 Å². The Hall–Kier alpha value is -1.00. The van der Waals surface area contributed by atoms with Gasteiger partial charge in [0.15, 0.2) is 0 Å². The summed E-state index contributed by atoms with van der Waals surface area (Å²) in [6.45, 7) is 5.58. The Labute approximate surface area is 107 Å². The lowest BCUT2D eigenvalue weighted by Gasteiger charge is -2.31. The first kappa shape index (κ1) is 13.4. The highest BCUT2D eigenvalue weighted by Gasteiger charge is 2.32. The summed E-state index contributed by atoms with van der Waals surface area (Å²) in [5.74, 6) is -0.454. The third-order valence-electron chi connectivity index (χ3n) is 3.78. The molecule has 1 aliphatic rings. The van der Waals surface area contributed by atoms with Crippen LogP contribution >= 0.6 is 0 Å². The van der Waals surface area contributed by atoms with Crippen molar-refractivity contribution in [2.75, 3.05) is 13.1 Å². The molecule has 0 bridgehead atoms. The minimum absolute atomic E-state index is 0.162. The van der Waals surface area contributed by atoms with E-state index in [9.17, 15) is 8.78 Å². The Morgan fingerprint density at radius 1 is 1.39 bits per heavy atom. The molecule has 0 amide bonds. The number of benzene rings is 1. The lowest BCUT2D eigenvalue weighted by molar-refractivity contribution is 0.188. The van der Waals surface area contributed by atoms with E-state index in [1.54, 1.807) is 0 Å². The molecule has 2 rings (SSSR count). The van der Waals surface area contributed by atoms with Crippen LogP contribution in [-0.2, 0) is 0 Å². The van der Waals surface area contributed by atoms with Gasteiger partial charge in [-0.25, -0.2) is 8.78 Å². The molecule has 1 saturated heterocycles. The van der Waals surface area contributed by atoms with Crippen LogP contribution in [0.2, 0.25) is 0 Å². The van der Waals surface area contributed by atoms with Crippen molar-refractivity contribution in [2.45, 2.75) is 32.4 Å². The molecule has 0 aliphatic carbocycles. The normalized spacial score (nSPS) is 26.5. The lowest BCUT2D eigenvalue weighted by atomic mass is 10.0. The van der Waals surface area contributed by atoms with Crippen molar-refractivity contribution in [1.82, 2.24) is 4.90 Å². The van der Waals surface area contributed by atoms with Gasteiger partial charge in [0.2, 0.25) is 0 Å². The van der Waals surface area contributed by atoms with Gasteiger partial charge in [-0.3, -0.25) is 4.90 Å². The number of hydrogen-bond acceptors (Lipinski definition) is 2. The number of likely N-dealkylation sites (tertiary alicyclic amines) is 1. The minimum atomic E-state index is -0.546. The van der Waals surface area contributed by atoms with E-state index in [1.165, 1.54) is 12.1 Å². The predicted molar refractivity (Wildman–Crippen MR) is 68.1 cm³/mol. The fourth-order valence-corrected chi connectivity index (χ4v) is 2.98. The first-order valence-corrected chi connectivity index (χ1v) is 6.43. The summed E-state index contributed by atoms with van der Waals surface area (Å²) in [7, 11) is 0. The Kier molecular flexibility index (Phi) is 3.97. The quantitative estimate of drug-likeness (QED) is 0.898. The zero-order valence-corrected chi connectivity index (χ0v) is 10.9. The second-order valence-corrected chi connectivity index (χ2v) is 5.30. The summed E-state index contributed by atoms with van der Waals surface area (Å²) in [6.07, 6.45) is 1.10. The summed E-state index contributed by atoms with van der Waals surface area (Å²) < 4.78 is 26.8. The van der Waals surface area contributed by atoms with Crippen molar-refractivity contribution in [1.29, 1.82) is 0 Å². The first-order valence-electron chi connectivity index (χ1n) is 6.43. The standard InChI is InChI=1S/C14H20F2N2/c1-9-5-10(2)18(8-9)14(7-17)12-4-3-11(15)6-13(12)16/h3-4,6,9-10,14H,5,7-8,17H2,1-2H3. The highest BCUT2D eigenvalue weighted by molar-refractivity contribution is 5.23. The van der Waals surface area contributed by atoms with E-state index in [2.05, 4.69) is 18.7 Å². The van der Waals surface area contributed by atoms with Crippen molar-refractivity contribution >= 4 is 0 Å². The summed E-state index contributed by atoms with van der Waals surface area (Å²) in [6, 6.07) is 3.97. The lowest BCUT2D eigenvalue weighted by Crippen LogP contribution is -2.36. The summed E-state index contributed by atoms with van der Waals surface area (Å²) in [5.41, 5.74) is 6.30. The van der Waals surface area contributed by atoms with Crippen molar-refractivity contribution in [3.8, 4) is 0 Å². The minimum Gasteiger partial charge on any atom is -0.329 e. The van der Waals surface area contributed by atoms with Crippen LogP contribution in [0.5, 0.6) is 0 Å². The number of rotatable bonds is 3. The van der Waals surface area contributed by atoms with Crippen LogP contribution in [-0.4, -0.2) is 24.0 Å². The number of nitrogens with zero attached hydrogens (tertiary/aromatic N) is 1. The molecule has 4 heteroatoms. The number of hydrogen-bond donors (Lipinski definition) is 1. The second kappa shape index (κ2) is 5.33. The Morgan fingerprint density at radius 2 is 2.11 bits per heavy atom. The van der Waals surface area contributed by atoms with Crippen LogP contribution in [0.3, 0.4) is 0 Å². The molecule has 18 heavy (non-hydrogen) atoms. The van der Waals surface area contributed by atoms with Gasteiger partial charge in [-0.1, -0.05) is 13.0 Å². The Balaban J connectivity index is 2.28. The molecule has 2 N–H and O–H groups in total. The molecule has 0 spiro atoms. The molecule has 1 aromatic carbocycles. The zero-order valence-electron chi connectivity index (χ0n) is 10.9. The van der Waals surface area contributed by atoms with E-state index in [-0.39, 0.29) is 6.04 Å². The van der Waals surface area contributed by atoms with Crippen LogP contribution in [0.15, 0.2) is 18.2 Å². The topological polar surface area (TPSA) is 29.3 Å². The van der Waals surface area contributed by atoms with Crippen LogP contribution in [0, 0.1) is 17.6 Å². The van der Waals surface area contributed by atoms with Crippen molar-refractivity contribution in [3.05, 3.63) is 35.4 Å². The van der Waals surface area contributed by atoms with Gasteiger partial charge in [0.1, 0.15) is 11.6 Å².